The zero-order valence-corrected chi connectivity index (χ0v) is 14.4. The van der Waals surface area contributed by atoms with Crippen LogP contribution in [0.2, 0.25) is 0 Å². The number of anilines is 1. The summed E-state index contributed by atoms with van der Waals surface area (Å²) in [5, 5.41) is 7.74. The Morgan fingerprint density at radius 2 is 2.31 bits per heavy atom. The van der Waals surface area contributed by atoms with E-state index in [0.29, 0.717) is 34.4 Å². The Morgan fingerprint density at radius 1 is 1.42 bits per heavy atom. The maximum absolute atomic E-state index is 13.5. The summed E-state index contributed by atoms with van der Waals surface area (Å²) in [7, 11) is 0. The fourth-order valence-corrected chi connectivity index (χ4v) is 3.25. The summed E-state index contributed by atoms with van der Waals surface area (Å²) in [5.74, 6) is -0.652. The zero-order chi connectivity index (χ0) is 18.1. The molecule has 1 atom stereocenters. The van der Waals surface area contributed by atoms with Gasteiger partial charge in [-0.1, -0.05) is 0 Å². The first-order valence-corrected chi connectivity index (χ1v) is 8.61. The second-order valence-corrected chi connectivity index (χ2v) is 6.51. The molecule has 1 fully saturated rings. The Labute approximate surface area is 150 Å². The SMILES string of the molecule is Cc1cc(C(=O)Nc2cnn(C[C@H]3CCCO3)c2)c2ccc(F)cc2n1. The lowest BCUT2D eigenvalue weighted by atomic mass is 10.1. The van der Waals surface area contributed by atoms with Crippen molar-refractivity contribution in [3.05, 3.63) is 53.7 Å². The number of fused-ring (bicyclic) bond motifs is 1. The number of benzene rings is 1. The third-order valence-corrected chi connectivity index (χ3v) is 4.45. The number of nitrogens with zero attached hydrogens (tertiary/aromatic N) is 3. The number of hydrogen-bond donors (Lipinski definition) is 1. The first-order valence-electron chi connectivity index (χ1n) is 8.61. The monoisotopic (exact) mass is 354 g/mol. The maximum Gasteiger partial charge on any atom is 0.256 e. The van der Waals surface area contributed by atoms with Crippen LogP contribution in [0.3, 0.4) is 0 Å². The number of carbonyl (C=O) groups excluding carboxylic acids is 1. The largest absolute Gasteiger partial charge is 0.376 e. The molecule has 1 aromatic carbocycles. The van der Waals surface area contributed by atoms with Gasteiger partial charge >= 0.3 is 0 Å². The lowest BCUT2D eigenvalue weighted by Crippen LogP contribution is -2.15. The molecule has 1 N–H and O–H groups in total. The van der Waals surface area contributed by atoms with Gasteiger partial charge in [0.1, 0.15) is 5.82 Å². The van der Waals surface area contributed by atoms with Crippen LogP contribution in [0.15, 0.2) is 36.7 Å². The molecule has 0 aliphatic carbocycles. The van der Waals surface area contributed by atoms with E-state index in [9.17, 15) is 9.18 Å². The smallest absolute Gasteiger partial charge is 0.256 e. The van der Waals surface area contributed by atoms with Crippen LogP contribution in [0.1, 0.15) is 28.9 Å². The molecule has 6 nitrogen and oxygen atoms in total. The standard InChI is InChI=1S/C19H19FN4O2/c1-12-7-17(16-5-4-13(20)8-18(16)22-12)19(25)23-14-9-21-24(10-14)11-15-3-2-6-26-15/h4-5,7-10,15H,2-3,6,11H2,1H3,(H,23,25)/t15-/m1/s1. The number of rotatable bonds is 4. The molecule has 3 heterocycles. The molecular formula is C19H19FN4O2. The van der Waals surface area contributed by atoms with Crippen molar-refractivity contribution in [1.82, 2.24) is 14.8 Å². The van der Waals surface area contributed by atoms with E-state index in [1.54, 1.807) is 36.1 Å². The third-order valence-electron chi connectivity index (χ3n) is 4.45. The minimum atomic E-state index is -0.377. The molecule has 1 amide bonds. The van der Waals surface area contributed by atoms with Gasteiger partial charge in [-0.3, -0.25) is 14.5 Å². The van der Waals surface area contributed by atoms with Crippen LogP contribution in [-0.4, -0.2) is 33.4 Å². The van der Waals surface area contributed by atoms with Gasteiger partial charge in [-0.2, -0.15) is 5.10 Å². The number of hydrogen-bond acceptors (Lipinski definition) is 4. The van der Waals surface area contributed by atoms with Crippen molar-refractivity contribution >= 4 is 22.5 Å². The number of amides is 1. The molecule has 1 aliphatic rings. The molecule has 0 spiro atoms. The van der Waals surface area contributed by atoms with Crippen LogP contribution in [0.25, 0.3) is 10.9 Å². The lowest BCUT2D eigenvalue weighted by Gasteiger charge is -2.09. The number of pyridine rings is 1. The molecule has 0 saturated carbocycles. The van der Waals surface area contributed by atoms with Crippen LogP contribution in [-0.2, 0) is 11.3 Å². The van der Waals surface area contributed by atoms with Gasteiger partial charge in [-0.15, -0.1) is 0 Å². The van der Waals surface area contributed by atoms with Crippen LogP contribution < -0.4 is 5.32 Å². The summed E-state index contributed by atoms with van der Waals surface area (Å²) < 4.78 is 20.8. The van der Waals surface area contributed by atoms with Crippen LogP contribution >= 0.6 is 0 Å². The van der Waals surface area contributed by atoms with Crippen LogP contribution in [0.5, 0.6) is 0 Å². The number of ether oxygens (including phenoxy) is 1. The van der Waals surface area contributed by atoms with E-state index in [2.05, 4.69) is 15.4 Å². The number of aryl methyl sites for hydroxylation is 1. The van der Waals surface area contributed by atoms with E-state index in [-0.39, 0.29) is 17.8 Å². The molecule has 7 heteroatoms. The van der Waals surface area contributed by atoms with Crippen molar-refractivity contribution in [2.75, 3.05) is 11.9 Å². The van der Waals surface area contributed by atoms with Gasteiger partial charge in [0.2, 0.25) is 0 Å². The van der Waals surface area contributed by atoms with Crippen molar-refractivity contribution in [2.24, 2.45) is 0 Å². The zero-order valence-electron chi connectivity index (χ0n) is 14.4. The highest BCUT2D eigenvalue weighted by molar-refractivity contribution is 6.12. The molecule has 0 unspecified atom stereocenters. The molecule has 4 rings (SSSR count). The highest BCUT2D eigenvalue weighted by Crippen LogP contribution is 2.21. The van der Waals surface area contributed by atoms with Crippen molar-refractivity contribution in [1.29, 1.82) is 0 Å². The molecule has 1 aliphatic heterocycles. The first kappa shape index (κ1) is 16.7. The Hall–Kier alpha value is -2.80. The quantitative estimate of drug-likeness (QED) is 0.780. The predicted molar refractivity (Wildman–Crippen MR) is 95.6 cm³/mol. The van der Waals surface area contributed by atoms with Crippen molar-refractivity contribution in [3.8, 4) is 0 Å². The van der Waals surface area contributed by atoms with Crippen LogP contribution in [0, 0.1) is 12.7 Å². The Bertz CT molecular complexity index is 958. The van der Waals surface area contributed by atoms with Gasteiger partial charge in [0.15, 0.2) is 0 Å². The number of aromatic nitrogens is 3. The molecular weight excluding hydrogens is 335 g/mol. The van der Waals surface area contributed by atoms with E-state index in [1.807, 2.05) is 0 Å². The lowest BCUT2D eigenvalue weighted by molar-refractivity contribution is 0.0940. The third kappa shape index (κ3) is 3.43. The highest BCUT2D eigenvalue weighted by atomic mass is 19.1. The topological polar surface area (TPSA) is 69.0 Å². The van der Waals surface area contributed by atoms with Gasteiger partial charge in [0.25, 0.3) is 5.91 Å². The van der Waals surface area contributed by atoms with E-state index in [0.717, 1.165) is 19.4 Å². The molecule has 0 bridgehead atoms. The summed E-state index contributed by atoms with van der Waals surface area (Å²) in [5.41, 5.74) is 2.18. The summed E-state index contributed by atoms with van der Waals surface area (Å²) in [4.78, 5) is 17.0. The Kier molecular flexibility index (Phi) is 4.38. The molecule has 0 radical (unpaired) electrons. The van der Waals surface area contributed by atoms with E-state index >= 15 is 0 Å². The Morgan fingerprint density at radius 3 is 3.12 bits per heavy atom. The normalized spacial score (nSPS) is 16.9. The molecule has 134 valence electrons. The van der Waals surface area contributed by atoms with Gasteiger partial charge in [-0.05, 0) is 38.0 Å². The molecule has 2 aromatic heterocycles. The summed E-state index contributed by atoms with van der Waals surface area (Å²) >= 11 is 0. The summed E-state index contributed by atoms with van der Waals surface area (Å²) in [6.07, 6.45) is 5.68. The van der Waals surface area contributed by atoms with Crippen molar-refractivity contribution in [3.63, 3.8) is 0 Å². The van der Waals surface area contributed by atoms with Gasteiger partial charge < -0.3 is 10.1 Å². The van der Waals surface area contributed by atoms with Gasteiger partial charge in [0, 0.05) is 30.0 Å². The number of carbonyl (C=O) groups is 1. The van der Waals surface area contributed by atoms with E-state index in [1.165, 1.54) is 12.1 Å². The molecule has 26 heavy (non-hydrogen) atoms. The minimum absolute atomic E-state index is 0.181. The Balaban J connectivity index is 1.55. The van der Waals surface area contributed by atoms with Gasteiger partial charge in [0.05, 0.1) is 35.6 Å². The van der Waals surface area contributed by atoms with E-state index in [4.69, 9.17) is 4.74 Å². The second-order valence-electron chi connectivity index (χ2n) is 6.51. The average Bonchev–Trinajstić information content (AvgIpc) is 3.26. The number of nitrogens with one attached hydrogen (secondary N) is 1. The average molecular weight is 354 g/mol. The number of halogens is 1. The van der Waals surface area contributed by atoms with Gasteiger partial charge in [-0.25, -0.2) is 4.39 Å². The fraction of sp³-hybridized carbons (Fsp3) is 0.316. The van der Waals surface area contributed by atoms with Crippen molar-refractivity contribution < 1.29 is 13.9 Å². The van der Waals surface area contributed by atoms with E-state index < -0.39 is 0 Å². The van der Waals surface area contributed by atoms with Crippen LogP contribution in [0.4, 0.5) is 10.1 Å². The minimum Gasteiger partial charge on any atom is -0.376 e. The molecule has 1 saturated heterocycles. The highest BCUT2D eigenvalue weighted by Gasteiger charge is 2.17. The second kappa shape index (κ2) is 6.84. The summed E-state index contributed by atoms with van der Waals surface area (Å²) in [6, 6.07) is 5.94. The first-order chi connectivity index (χ1) is 12.6. The maximum atomic E-state index is 13.5. The van der Waals surface area contributed by atoms with Crippen molar-refractivity contribution in [2.45, 2.75) is 32.4 Å². The summed E-state index contributed by atoms with van der Waals surface area (Å²) in [6.45, 7) is 3.25. The predicted octanol–water partition coefficient (Wildman–Crippen LogP) is 3.31. The molecule has 3 aromatic rings. The fourth-order valence-electron chi connectivity index (χ4n) is 3.25.